The number of carbonyl (C=O) groups excluding carboxylic acids is 3. The highest BCUT2D eigenvalue weighted by atomic mass is 16.3. The van der Waals surface area contributed by atoms with Crippen molar-refractivity contribution in [1.29, 1.82) is 0 Å². The number of aliphatic hydroxyl groups is 3. The van der Waals surface area contributed by atoms with Crippen molar-refractivity contribution in [3.05, 3.63) is 45.7 Å². The molecule has 0 aliphatic heterocycles. The first-order valence-electron chi connectivity index (χ1n) is 12.1. The molecule has 194 valence electrons. The van der Waals surface area contributed by atoms with Crippen LogP contribution < -0.4 is 5.73 Å². The third kappa shape index (κ3) is 3.55. The van der Waals surface area contributed by atoms with Crippen LogP contribution in [0.15, 0.2) is 29.0 Å². The number of rotatable bonds is 6. The fraction of sp³-hybridized carbons (Fsp3) is 0.500. The van der Waals surface area contributed by atoms with E-state index in [1.165, 1.54) is 11.0 Å². The van der Waals surface area contributed by atoms with Crippen molar-refractivity contribution in [3.63, 3.8) is 0 Å². The van der Waals surface area contributed by atoms with Crippen LogP contribution in [0.5, 0.6) is 5.75 Å². The number of nitrogens with zero attached hydrogens (tertiary/aromatic N) is 2. The molecule has 0 radical (unpaired) electrons. The van der Waals surface area contributed by atoms with E-state index in [1.807, 2.05) is 13.8 Å². The lowest BCUT2D eigenvalue weighted by atomic mass is 9.57. The molecule has 36 heavy (non-hydrogen) atoms. The number of aromatic hydroxyl groups is 1. The Morgan fingerprint density at radius 2 is 1.78 bits per heavy atom. The Hall–Kier alpha value is -3.21. The summed E-state index contributed by atoms with van der Waals surface area (Å²) in [6.07, 6.45) is 0.367. The standard InChI is InChI=1S/C26H33N3O7/c1-5-29(6-2)11-12-7-8-16(30)18-14(12)9-13-10-15-20(28(3)4)22(32)19(25(27)35)24(34)26(15,36)23(33)17(13)21(18)31/h7-8,13,15,20,30-31,34,36H,5-6,9-11H2,1-4H3,(H2,27,35). The summed E-state index contributed by atoms with van der Waals surface area (Å²) in [5.74, 6) is -6.44. The van der Waals surface area contributed by atoms with Crippen LogP contribution in [0.25, 0.3) is 5.76 Å². The van der Waals surface area contributed by atoms with Gasteiger partial charge < -0.3 is 26.2 Å². The van der Waals surface area contributed by atoms with Crippen LogP contribution in [0.2, 0.25) is 0 Å². The highest BCUT2D eigenvalue weighted by molar-refractivity contribution is 6.24. The van der Waals surface area contributed by atoms with Crippen LogP contribution >= 0.6 is 0 Å². The van der Waals surface area contributed by atoms with Gasteiger partial charge in [-0.25, -0.2) is 0 Å². The summed E-state index contributed by atoms with van der Waals surface area (Å²) < 4.78 is 0. The average molecular weight is 500 g/mol. The Kier molecular flexibility index (Phi) is 6.48. The number of nitrogens with two attached hydrogens (primary N) is 1. The number of ketones is 2. The highest BCUT2D eigenvalue weighted by Crippen LogP contribution is 2.52. The molecular formula is C26H33N3O7. The smallest absolute Gasteiger partial charge is 0.255 e. The molecule has 6 N–H and O–H groups in total. The maximum absolute atomic E-state index is 13.8. The molecule has 10 heteroatoms. The van der Waals surface area contributed by atoms with Gasteiger partial charge in [-0.15, -0.1) is 0 Å². The molecule has 1 aromatic carbocycles. The number of fused-ring (bicyclic) bond motifs is 3. The topological polar surface area (TPSA) is 165 Å². The Labute approximate surface area is 209 Å². The molecule has 3 aliphatic carbocycles. The Morgan fingerprint density at radius 1 is 1.14 bits per heavy atom. The number of amides is 1. The summed E-state index contributed by atoms with van der Waals surface area (Å²) in [5, 5.41) is 44.4. The molecule has 0 spiro atoms. The van der Waals surface area contributed by atoms with Gasteiger partial charge in [-0.2, -0.15) is 0 Å². The third-order valence-corrected chi connectivity index (χ3v) is 7.99. The molecule has 4 unspecified atom stereocenters. The van der Waals surface area contributed by atoms with E-state index in [4.69, 9.17) is 5.73 Å². The van der Waals surface area contributed by atoms with Gasteiger partial charge in [0.1, 0.15) is 22.8 Å². The summed E-state index contributed by atoms with van der Waals surface area (Å²) in [6, 6.07) is 2.16. The SMILES string of the molecule is CCN(CC)Cc1ccc(O)c2c1CC1CC3C(N(C)C)C(=O)C(C(N)=O)=C(O)C3(O)C(=O)C1=C2O. The Morgan fingerprint density at radius 3 is 2.33 bits per heavy atom. The normalized spacial score (nSPS) is 27.9. The van der Waals surface area contributed by atoms with Gasteiger partial charge in [0.15, 0.2) is 11.4 Å². The predicted octanol–water partition coefficient (Wildman–Crippen LogP) is 0.806. The third-order valence-electron chi connectivity index (χ3n) is 7.99. The molecule has 1 aromatic rings. The van der Waals surface area contributed by atoms with E-state index in [0.29, 0.717) is 18.5 Å². The van der Waals surface area contributed by atoms with Crippen LogP contribution in [-0.4, -0.2) is 86.5 Å². The minimum absolute atomic E-state index is 0.0755. The number of hydrogen-bond donors (Lipinski definition) is 5. The summed E-state index contributed by atoms with van der Waals surface area (Å²) in [5.41, 5.74) is 3.47. The number of aliphatic hydroxyl groups excluding tert-OH is 2. The van der Waals surface area contributed by atoms with Crippen molar-refractivity contribution >= 4 is 23.2 Å². The van der Waals surface area contributed by atoms with E-state index in [9.17, 15) is 34.8 Å². The fourth-order valence-electron chi connectivity index (χ4n) is 6.14. The monoisotopic (exact) mass is 499 g/mol. The Balaban J connectivity index is 1.92. The van der Waals surface area contributed by atoms with Crippen LogP contribution in [0.3, 0.4) is 0 Å². The van der Waals surface area contributed by atoms with Gasteiger partial charge in [0.25, 0.3) is 5.91 Å². The first kappa shape index (κ1) is 25.9. The summed E-state index contributed by atoms with van der Waals surface area (Å²) in [6.45, 7) is 6.26. The molecule has 4 atom stereocenters. The number of phenolic OH excluding ortho intramolecular Hbond substituents is 1. The lowest BCUT2D eigenvalue weighted by Gasteiger charge is -2.50. The van der Waals surface area contributed by atoms with Crippen molar-refractivity contribution in [2.24, 2.45) is 17.6 Å². The second kappa shape index (κ2) is 9.02. The fourth-order valence-corrected chi connectivity index (χ4v) is 6.14. The van der Waals surface area contributed by atoms with Gasteiger partial charge in [0.2, 0.25) is 5.78 Å². The molecule has 0 aromatic heterocycles. The molecule has 1 saturated carbocycles. The largest absolute Gasteiger partial charge is 0.508 e. The number of carbonyl (C=O) groups is 3. The van der Waals surface area contributed by atoms with Crippen LogP contribution in [0.1, 0.15) is 37.0 Å². The van der Waals surface area contributed by atoms with E-state index >= 15 is 0 Å². The predicted molar refractivity (Wildman–Crippen MR) is 131 cm³/mol. The van der Waals surface area contributed by atoms with E-state index in [2.05, 4.69) is 4.90 Å². The minimum atomic E-state index is -2.63. The minimum Gasteiger partial charge on any atom is -0.508 e. The number of hydrogen-bond acceptors (Lipinski definition) is 9. The lowest BCUT2D eigenvalue weighted by Crippen LogP contribution is -2.65. The van der Waals surface area contributed by atoms with Crippen molar-refractivity contribution in [2.45, 2.75) is 44.9 Å². The maximum Gasteiger partial charge on any atom is 0.255 e. The molecule has 4 rings (SSSR count). The molecule has 0 bridgehead atoms. The molecule has 10 nitrogen and oxygen atoms in total. The maximum atomic E-state index is 13.8. The van der Waals surface area contributed by atoms with Crippen molar-refractivity contribution < 1.29 is 34.8 Å². The average Bonchev–Trinajstić information content (AvgIpc) is 2.80. The van der Waals surface area contributed by atoms with E-state index < -0.39 is 58.0 Å². The van der Waals surface area contributed by atoms with Gasteiger partial charge >= 0.3 is 0 Å². The number of primary amides is 1. The molecule has 3 aliphatic rings. The summed E-state index contributed by atoms with van der Waals surface area (Å²) >= 11 is 0. The molecule has 1 fully saturated rings. The van der Waals surface area contributed by atoms with Gasteiger partial charge in [-0.05, 0) is 63.1 Å². The van der Waals surface area contributed by atoms with Gasteiger partial charge in [0, 0.05) is 18.0 Å². The molecule has 0 saturated heterocycles. The van der Waals surface area contributed by atoms with Crippen LogP contribution in [-0.2, 0) is 27.3 Å². The number of benzene rings is 1. The second-order valence-corrected chi connectivity index (χ2v) is 10.0. The zero-order chi connectivity index (χ0) is 26.7. The first-order valence-corrected chi connectivity index (χ1v) is 12.1. The lowest BCUT2D eigenvalue weighted by molar-refractivity contribution is -0.153. The highest BCUT2D eigenvalue weighted by Gasteiger charge is 2.64. The van der Waals surface area contributed by atoms with E-state index in [0.717, 1.165) is 18.7 Å². The molecule has 0 heterocycles. The van der Waals surface area contributed by atoms with Gasteiger partial charge in [-0.3, -0.25) is 24.2 Å². The van der Waals surface area contributed by atoms with Crippen molar-refractivity contribution in [1.82, 2.24) is 9.80 Å². The van der Waals surface area contributed by atoms with E-state index in [-0.39, 0.29) is 23.3 Å². The molecule has 1 amide bonds. The number of likely N-dealkylation sites (N-methyl/N-ethyl adjacent to an activating group) is 1. The number of phenols is 1. The first-order chi connectivity index (χ1) is 16.9. The summed E-state index contributed by atoms with van der Waals surface area (Å²) in [7, 11) is 3.15. The van der Waals surface area contributed by atoms with Crippen LogP contribution in [0, 0.1) is 11.8 Å². The van der Waals surface area contributed by atoms with Gasteiger partial charge in [0.05, 0.1) is 11.6 Å². The molecular weight excluding hydrogens is 466 g/mol. The zero-order valence-corrected chi connectivity index (χ0v) is 20.9. The second-order valence-electron chi connectivity index (χ2n) is 10.0. The summed E-state index contributed by atoms with van der Waals surface area (Å²) in [4.78, 5) is 42.7. The van der Waals surface area contributed by atoms with Crippen LogP contribution in [0.4, 0.5) is 0 Å². The quantitative estimate of drug-likeness (QED) is 0.356. The van der Waals surface area contributed by atoms with E-state index in [1.54, 1.807) is 20.2 Å². The Bertz CT molecular complexity index is 1210. The van der Waals surface area contributed by atoms with Crippen molar-refractivity contribution in [2.75, 3.05) is 27.2 Å². The van der Waals surface area contributed by atoms with Gasteiger partial charge in [-0.1, -0.05) is 19.9 Å². The zero-order valence-electron chi connectivity index (χ0n) is 20.9. The number of Topliss-reactive ketones (excluding diaryl/α,β-unsaturated/α-hetero) is 2. The van der Waals surface area contributed by atoms with Crippen molar-refractivity contribution in [3.8, 4) is 5.75 Å².